The van der Waals surface area contributed by atoms with Gasteiger partial charge in [-0.2, -0.15) is 5.26 Å². The second kappa shape index (κ2) is 6.53. The molecule has 0 amide bonds. The smallest absolute Gasteiger partial charge is 0.0995 e. The van der Waals surface area contributed by atoms with Crippen molar-refractivity contribution in [2.75, 3.05) is 19.7 Å². The molecule has 1 aliphatic heterocycles. The fourth-order valence-electron chi connectivity index (χ4n) is 2.54. The molecule has 1 aliphatic rings. The quantitative estimate of drug-likeness (QED) is 0.816. The number of hydrogen-bond acceptors (Lipinski definition) is 3. The Hall–Kier alpha value is -1.37. The Morgan fingerprint density at radius 3 is 3.06 bits per heavy atom. The summed E-state index contributed by atoms with van der Waals surface area (Å²) in [6, 6.07) is 10.1. The van der Waals surface area contributed by atoms with Crippen LogP contribution < -0.4 is 0 Å². The van der Waals surface area contributed by atoms with Gasteiger partial charge in [0.05, 0.1) is 17.7 Å². The Kier molecular flexibility index (Phi) is 4.74. The van der Waals surface area contributed by atoms with Crippen molar-refractivity contribution in [2.45, 2.75) is 32.4 Å². The molecule has 0 saturated carbocycles. The normalized spacial score (nSPS) is 20.6. The van der Waals surface area contributed by atoms with Crippen LogP contribution in [0.1, 0.15) is 30.9 Å². The first-order chi connectivity index (χ1) is 8.83. The molecule has 1 fully saturated rings. The molecule has 1 atom stereocenters. The maximum absolute atomic E-state index is 9.09. The van der Waals surface area contributed by atoms with Crippen molar-refractivity contribution in [3.63, 3.8) is 0 Å². The highest BCUT2D eigenvalue weighted by Gasteiger charge is 2.20. The van der Waals surface area contributed by atoms with E-state index in [1.807, 2.05) is 31.2 Å². The molecule has 3 heteroatoms. The molecule has 1 heterocycles. The molecule has 1 aromatic carbocycles. The molecule has 3 nitrogen and oxygen atoms in total. The number of hydrogen-bond donors (Lipinski definition) is 0. The second-order valence-electron chi connectivity index (χ2n) is 4.72. The minimum atomic E-state index is 0.359. The minimum absolute atomic E-state index is 0.359. The van der Waals surface area contributed by atoms with Crippen LogP contribution in [0.4, 0.5) is 0 Å². The van der Waals surface area contributed by atoms with Crippen LogP contribution in [0, 0.1) is 11.3 Å². The molecule has 96 valence electrons. The van der Waals surface area contributed by atoms with Gasteiger partial charge in [0.2, 0.25) is 0 Å². The molecule has 1 aromatic rings. The van der Waals surface area contributed by atoms with E-state index in [2.05, 4.69) is 11.0 Å². The fourth-order valence-corrected chi connectivity index (χ4v) is 2.54. The van der Waals surface area contributed by atoms with Crippen molar-refractivity contribution in [1.29, 1.82) is 5.26 Å². The highest BCUT2D eigenvalue weighted by molar-refractivity contribution is 5.37. The molecule has 0 aliphatic carbocycles. The van der Waals surface area contributed by atoms with Crippen molar-refractivity contribution >= 4 is 0 Å². The van der Waals surface area contributed by atoms with Gasteiger partial charge in [-0.15, -0.1) is 0 Å². The van der Waals surface area contributed by atoms with Gasteiger partial charge in [0, 0.05) is 19.7 Å². The van der Waals surface area contributed by atoms with E-state index in [1.54, 1.807) is 0 Å². The molecule has 0 bridgehead atoms. The fraction of sp³-hybridized carbons (Fsp3) is 0.533. The van der Waals surface area contributed by atoms with E-state index in [1.165, 1.54) is 6.42 Å². The predicted molar refractivity (Wildman–Crippen MR) is 71.1 cm³/mol. The molecule has 0 aromatic heterocycles. The number of ether oxygens (including phenoxy) is 1. The van der Waals surface area contributed by atoms with Gasteiger partial charge in [0.15, 0.2) is 0 Å². The molecule has 1 unspecified atom stereocenters. The number of likely N-dealkylation sites (tertiary alicyclic amines) is 1. The Morgan fingerprint density at radius 2 is 2.28 bits per heavy atom. The van der Waals surface area contributed by atoms with Crippen LogP contribution in [-0.4, -0.2) is 30.7 Å². The van der Waals surface area contributed by atoms with Crippen LogP contribution in [0.2, 0.25) is 0 Å². The SMILES string of the molecule is CCOC1CCCN(Cc2ccccc2C#N)C1. The summed E-state index contributed by atoms with van der Waals surface area (Å²) in [7, 11) is 0. The van der Waals surface area contributed by atoms with E-state index >= 15 is 0 Å². The lowest BCUT2D eigenvalue weighted by Crippen LogP contribution is -2.39. The van der Waals surface area contributed by atoms with Crippen molar-refractivity contribution in [1.82, 2.24) is 4.90 Å². The molecular weight excluding hydrogens is 224 g/mol. The van der Waals surface area contributed by atoms with E-state index in [-0.39, 0.29) is 0 Å². The van der Waals surface area contributed by atoms with E-state index < -0.39 is 0 Å². The van der Waals surface area contributed by atoms with Crippen molar-refractivity contribution in [2.24, 2.45) is 0 Å². The summed E-state index contributed by atoms with van der Waals surface area (Å²) in [5.74, 6) is 0. The average molecular weight is 244 g/mol. The topological polar surface area (TPSA) is 36.3 Å². The second-order valence-corrected chi connectivity index (χ2v) is 4.72. The van der Waals surface area contributed by atoms with Crippen LogP contribution >= 0.6 is 0 Å². The van der Waals surface area contributed by atoms with Crippen LogP contribution in [0.5, 0.6) is 0 Å². The van der Waals surface area contributed by atoms with E-state index in [4.69, 9.17) is 10.00 Å². The van der Waals surface area contributed by atoms with E-state index in [0.717, 1.165) is 43.8 Å². The summed E-state index contributed by atoms with van der Waals surface area (Å²) in [5.41, 5.74) is 1.91. The number of nitrogens with zero attached hydrogens (tertiary/aromatic N) is 2. The summed E-state index contributed by atoms with van der Waals surface area (Å²) in [6.07, 6.45) is 2.70. The molecule has 18 heavy (non-hydrogen) atoms. The highest BCUT2D eigenvalue weighted by atomic mass is 16.5. The number of piperidine rings is 1. The third-order valence-electron chi connectivity index (χ3n) is 3.40. The lowest BCUT2D eigenvalue weighted by Gasteiger charge is -2.32. The van der Waals surface area contributed by atoms with Crippen LogP contribution in [0.3, 0.4) is 0 Å². The van der Waals surface area contributed by atoms with Gasteiger partial charge >= 0.3 is 0 Å². The summed E-state index contributed by atoms with van der Waals surface area (Å²) in [5, 5.41) is 9.09. The third kappa shape index (κ3) is 3.32. The number of benzene rings is 1. The van der Waals surface area contributed by atoms with Gasteiger partial charge in [-0.25, -0.2) is 0 Å². The Labute approximate surface area is 109 Å². The lowest BCUT2D eigenvalue weighted by atomic mass is 10.0. The molecular formula is C15H20N2O. The summed E-state index contributed by atoms with van der Waals surface area (Å²) < 4.78 is 5.70. The van der Waals surface area contributed by atoms with Crippen LogP contribution in [-0.2, 0) is 11.3 Å². The van der Waals surface area contributed by atoms with Crippen LogP contribution in [0.15, 0.2) is 24.3 Å². The summed E-state index contributed by atoms with van der Waals surface area (Å²) in [6.45, 7) is 5.77. The number of rotatable bonds is 4. The Bertz CT molecular complexity index is 423. The number of nitriles is 1. The highest BCUT2D eigenvalue weighted by Crippen LogP contribution is 2.17. The zero-order valence-electron chi connectivity index (χ0n) is 10.9. The van der Waals surface area contributed by atoms with Crippen molar-refractivity contribution in [3.05, 3.63) is 35.4 Å². The summed E-state index contributed by atoms with van der Waals surface area (Å²) in [4.78, 5) is 2.39. The molecule has 0 radical (unpaired) electrons. The molecule has 0 spiro atoms. The van der Waals surface area contributed by atoms with E-state index in [9.17, 15) is 0 Å². The Morgan fingerprint density at radius 1 is 1.44 bits per heavy atom. The predicted octanol–water partition coefficient (Wildman–Crippen LogP) is 2.56. The van der Waals surface area contributed by atoms with Gasteiger partial charge in [-0.1, -0.05) is 18.2 Å². The first-order valence-corrected chi connectivity index (χ1v) is 6.65. The zero-order chi connectivity index (χ0) is 12.8. The zero-order valence-corrected chi connectivity index (χ0v) is 10.9. The largest absolute Gasteiger partial charge is 0.377 e. The lowest BCUT2D eigenvalue weighted by molar-refractivity contribution is 0.00361. The Balaban J connectivity index is 1.98. The van der Waals surface area contributed by atoms with Crippen molar-refractivity contribution < 1.29 is 4.74 Å². The van der Waals surface area contributed by atoms with Gasteiger partial charge < -0.3 is 4.74 Å². The minimum Gasteiger partial charge on any atom is -0.377 e. The standard InChI is InChI=1S/C15H20N2O/c1-2-18-15-8-5-9-17(12-15)11-14-7-4-3-6-13(14)10-16/h3-4,6-7,15H,2,5,8-9,11-12H2,1H3. The van der Waals surface area contributed by atoms with Gasteiger partial charge in [0.1, 0.15) is 0 Å². The van der Waals surface area contributed by atoms with Gasteiger partial charge in [0.25, 0.3) is 0 Å². The third-order valence-corrected chi connectivity index (χ3v) is 3.40. The monoisotopic (exact) mass is 244 g/mol. The first kappa shape index (κ1) is 13.1. The van der Waals surface area contributed by atoms with Crippen molar-refractivity contribution in [3.8, 4) is 6.07 Å². The van der Waals surface area contributed by atoms with E-state index in [0.29, 0.717) is 6.10 Å². The van der Waals surface area contributed by atoms with Gasteiger partial charge in [-0.05, 0) is 37.9 Å². The maximum atomic E-state index is 9.09. The molecule has 1 saturated heterocycles. The summed E-state index contributed by atoms with van der Waals surface area (Å²) >= 11 is 0. The molecule has 2 rings (SSSR count). The maximum Gasteiger partial charge on any atom is 0.0995 e. The van der Waals surface area contributed by atoms with Gasteiger partial charge in [-0.3, -0.25) is 4.90 Å². The van der Waals surface area contributed by atoms with Crippen LogP contribution in [0.25, 0.3) is 0 Å². The molecule has 0 N–H and O–H groups in total. The average Bonchev–Trinajstić information content (AvgIpc) is 2.40. The first-order valence-electron chi connectivity index (χ1n) is 6.65.